The Labute approximate surface area is 62.6 Å². The van der Waals surface area contributed by atoms with Crippen molar-refractivity contribution in [2.24, 2.45) is 0 Å². The number of carbonyl (C=O) groups is 1. The zero-order chi connectivity index (χ0) is 7.56. The van der Waals surface area contributed by atoms with Gasteiger partial charge in [0, 0.05) is 6.07 Å². The minimum Gasteiger partial charge on any atom is -0.464 e. The fourth-order valence-electron chi connectivity index (χ4n) is 0.485. The summed E-state index contributed by atoms with van der Waals surface area (Å²) < 4.78 is 5.42. The first-order chi connectivity index (χ1) is 4.72. The van der Waals surface area contributed by atoms with Gasteiger partial charge >= 0.3 is 6.09 Å². The highest BCUT2D eigenvalue weighted by Crippen LogP contribution is 2.15. The van der Waals surface area contributed by atoms with E-state index >= 15 is 0 Å². The fourth-order valence-corrected chi connectivity index (χ4v) is 0.598. The molecule has 0 aliphatic heterocycles. The van der Waals surface area contributed by atoms with E-state index in [1.807, 2.05) is 0 Å². The Balaban J connectivity index is 2.77. The van der Waals surface area contributed by atoms with Crippen molar-refractivity contribution < 1.29 is 14.3 Å². The number of thiol groups is 1. The first-order valence-corrected chi connectivity index (χ1v) is 2.87. The lowest BCUT2D eigenvalue weighted by molar-refractivity contribution is 0.206. The minimum absolute atomic E-state index is 0.191. The van der Waals surface area contributed by atoms with E-state index < -0.39 is 6.09 Å². The molecule has 0 radical (unpaired) electrons. The summed E-state index contributed by atoms with van der Waals surface area (Å²) in [6, 6.07) is 3.09. The van der Waals surface area contributed by atoms with Crippen molar-refractivity contribution in [1.29, 1.82) is 0 Å². The minimum atomic E-state index is -1.17. The Morgan fingerprint density at radius 3 is 2.90 bits per heavy atom. The largest absolute Gasteiger partial charge is 0.464 e. The van der Waals surface area contributed by atoms with E-state index in [4.69, 9.17) is 9.52 Å². The van der Waals surface area contributed by atoms with Gasteiger partial charge in [0.25, 0.3) is 0 Å². The molecule has 0 aliphatic rings. The molecule has 0 fully saturated rings. The van der Waals surface area contributed by atoms with Crippen molar-refractivity contribution in [1.82, 2.24) is 0 Å². The molecule has 1 N–H and O–H groups in total. The number of furan rings is 1. The summed E-state index contributed by atoms with van der Waals surface area (Å²) in [6.07, 6.45) is 0.208. The van der Waals surface area contributed by atoms with Crippen LogP contribution in [0.5, 0.6) is 0 Å². The molecular weight excluding hydrogens is 154 g/mol. The maximum atomic E-state index is 10.2. The molecule has 1 amide bonds. The summed E-state index contributed by atoms with van der Waals surface area (Å²) in [5.74, 6) is 0.191. The number of rotatable bonds is 1. The number of anilines is 1. The highest BCUT2D eigenvalue weighted by molar-refractivity contribution is 7.82. The van der Waals surface area contributed by atoms with Crippen molar-refractivity contribution in [3.05, 3.63) is 18.4 Å². The van der Waals surface area contributed by atoms with E-state index in [1.54, 1.807) is 6.07 Å². The third-order valence-electron chi connectivity index (χ3n) is 0.896. The van der Waals surface area contributed by atoms with Crippen LogP contribution >= 0.6 is 12.8 Å². The van der Waals surface area contributed by atoms with Crippen molar-refractivity contribution in [3.8, 4) is 0 Å². The lowest BCUT2D eigenvalue weighted by atomic mass is 10.6. The van der Waals surface area contributed by atoms with Crippen LogP contribution in [0.15, 0.2) is 22.8 Å². The van der Waals surface area contributed by atoms with Gasteiger partial charge in [0.05, 0.1) is 6.26 Å². The second-order valence-electron chi connectivity index (χ2n) is 1.55. The van der Waals surface area contributed by atoms with Crippen LogP contribution in [0.1, 0.15) is 0 Å². The van der Waals surface area contributed by atoms with Gasteiger partial charge in [-0.05, 0) is 6.07 Å². The van der Waals surface area contributed by atoms with Crippen molar-refractivity contribution >= 4 is 24.8 Å². The Morgan fingerprint density at radius 2 is 2.50 bits per heavy atom. The topological polar surface area (TPSA) is 53.7 Å². The third kappa shape index (κ3) is 1.24. The second-order valence-corrected chi connectivity index (χ2v) is 1.95. The number of carboxylic acid groups (broad SMARTS) is 1. The van der Waals surface area contributed by atoms with Gasteiger partial charge in [-0.3, -0.25) is 0 Å². The van der Waals surface area contributed by atoms with Crippen LogP contribution in [-0.2, 0) is 0 Å². The molecule has 4 nitrogen and oxygen atoms in total. The molecule has 0 spiro atoms. The maximum absolute atomic E-state index is 10.2. The molecule has 0 atom stereocenters. The van der Waals surface area contributed by atoms with E-state index in [0.717, 1.165) is 0 Å². The summed E-state index contributed by atoms with van der Waals surface area (Å²) in [4.78, 5) is 10.2. The lowest BCUT2D eigenvalue weighted by Crippen LogP contribution is -2.16. The highest BCUT2D eigenvalue weighted by atomic mass is 32.1. The summed E-state index contributed by atoms with van der Waals surface area (Å²) in [6.45, 7) is 0. The second kappa shape index (κ2) is 2.66. The average molecular weight is 159 g/mol. The Kier molecular flexibility index (Phi) is 1.86. The molecule has 0 aliphatic carbocycles. The number of hydrogen-bond donors (Lipinski definition) is 2. The summed E-state index contributed by atoms with van der Waals surface area (Å²) in [5, 5.41) is 8.34. The quantitative estimate of drug-likeness (QED) is 0.612. The van der Waals surface area contributed by atoms with Crippen molar-refractivity contribution in [2.75, 3.05) is 4.31 Å². The molecule has 54 valence electrons. The van der Waals surface area contributed by atoms with Crippen LogP contribution in [0.25, 0.3) is 0 Å². The first kappa shape index (κ1) is 7.01. The summed E-state index contributed by atoms with van der Waals surface area (Å²) in [5.41, 5.74) is 0. The van der Waals surface area contributed by atoms with E-state index in [1.165, 1.54) is 12.3 Å². The van der Waals surface area contributed by atoms with Crippen LogP contribution in [0.4, 0.5) is 10.7 Å². The molecule has 0 aromatic carbocycles. The average Bonchev–Trinajstić information content (AvgIpc) is 2.36. The van der Waals surface area contributed by atoms with Gasteiger partial charge < -0.3 is 9.52 Å². The zero-order valence-electron chi connectivity index (χ0n) is 4.89. The first-order valence-electron chi connectivity index (χ1n) is 2.47. The van der Waals surface area contributed by atoms with Gasteiger partial charge in [-0.25, -0.2) is 4.79 Å². The van der Waals surface area contributed by atoms with E-state index in [0.29, 0.717) is 4.31 Å². The van der Waals surface area contributed by atoms with Crippen LogP contribution < -0.4 is 4.31 Å². The SMILES string of the molecule is O=C(O)N(S)c1ccco1. The Morgan fingerprint density at radius 1 is 1.80 bits per heavy atom. The molecule has 1 rings (SSSR count). The normalized spacial score (nSPS) is 9.30. The third-order valence-corrected chi connectivity index (χ3v) is 1.26. The molecule has 1 heterocycles. The standard InChI is InChI=1S/C5H5NO3S/c7-5(8)6(10)4-2-1-3-9-4/h1-3,10H,(H,7,8). The van der Waals surface area contributed by atoms with E-state index in [9.17, 15) is 4.79 Å². The molecule has 0 saturated heterocycles. The Bertz CT molecular complexity index is 221. The zero-order valence-corrected chi connectivity index (χ0v) is 5.78. The monoisotopic (exact) mass is 159 g/mol. The lowest BCUT2D eigenvalue weighted by Gasteiger charge is -2.04. The molecular formula is C5H5NO3S. The molecule has 0 bridgehead atoms. The van der Waals surface area contributed by atoms with Crippen LogP contribution in [0.2, 0.25) is 0 Å². The predicted octanol–water partition coefficient (Wildman–Crippen LogP) is 1.61. The predicted molar refractivity (Wildman–Crippen MR) is 38.2 cm³/mol. The number of hydrogen-bond acceptors (Lipinski definition) is 3. The number of amides is 1. The Hall–Kier alpha value is -1.10. The van der Waals surface area contributed by atoms with Crippen LogP contribution in [0, 0.1) is 0 Å². The maximum Gasteiger partial charge on any atom is 0.424 e. The molecule has 0 saturated carbocycles. The number of nitrogens with zero attached hydrogens (tertiary/aromatic N) is 1. The molecule has 1 aromatic rings. The van der Waals surface area contributed by atoms with Crippen LogP contribution in [0.3, 0.4) is 0 Å². The highest BCUT2D eigenvalue weighted by Gasteiger charge is 2.10. The molecule has 0 unspecified atom stereocenters. The van der Waals surface area contributed by atoms with E-state index in [-0.39, 0.29) is 5.88 Å². The van der Waals surface area contributed by atoms with E-state index in [2.05, 4.69) is 12.8 Å². The van der Waals surface area contributed by atoms with Gasteiger partial charge in [0.2, 0.25) is 5.88 Å². The van der Waals surface area contributed by atoms with Gasteiger partial charge in [0.1, 0.15) is 0 Å². The van der Waals surface area contributed by atoms with Gasteiger partial charge in [-0.2, -0.15) is 4.31 Å². The van der Waals surface area contributed by atoms with Crippen molar-refractivity contribution in [2.45, 2.75) is 0 Å². The summed E-state index contributed by atoms with van der Waals surface area (Å²) in [7, 11) is 0. The van der Waals surface area contributed by atoms with Crippen LogP contribution in [-0.4, -0.2) is 11.2 Å². The van der Waals surface area contributed by atoms with Gasteiger partial charge in [-0.1, -0.05) is 12.8 Å². The molecule has 5 heteroatoms. The summed E-state index contributed by atoms with van der Waals surface area (Å²) >= 11 is 3.62. The smallest absolute Gasteiger partial charge is 0.424 e. The van der Waals surface area contributed by atoms with Crippen molar-refractivity contribution in [3.63, 3.8) is 0 Å². The fraction of sp³-hybridized carbons (Fsp3) is 0. The van der Waals surface area contributed by atoms with Gasteiger partial charge in [-0.15, -0.1) is 0 Å². The molecule has 1 aromatic heterocycles. The van der Waals surface area contributed by atoms with Gasteiger partial charge in [0.15, 0.2) is 0 Å². The molecule has 10 heavy (non-hydrogen) atoms.